The quantitative estimate of drug-likeness (QED) is 0.277. The van der Waals surface area contributed by atoms with E-state index in [4.69, 9.17) is 15.8 Å². The minimum Gasteiger partial charge on any atom is -0.344 e. The Bertz CT molecular complexity index is 832. The van der Waals surface area contributed by atoms with Gasteiger partial charge in [0.15, 0.2) is 0 Å². The molecule has 6 heteroatoms. The largest absolute Gasteiger partial charge is 2.00 e. The van der Waals surface area contributed by atoms with Gasteiger partial charge in [-0.3, -0.25) is 4.99 Å². The molecule has 2 aromatic rings. The van der Waals surface area contributed by atoms with Crippen LogP contribution in [-0.2, 0) is 0 Å². The maximum Gasteiger partial charge on any atom is 2.00 e. The van der Waals surface area contributed by atoms with Crippen molar-refractivity contribution in [2.45, 2.75) is 19.8 Å². The molecular weight excluding hydrogens is 596 g/mol. The number of benzene rings is 2. The number of amidine groups is 1. The average molecular weight is 628 g/mol. The van der Waals surface area contributed by atoms with Crippen LogP contribution in [0.15, 0.2) is 64.7 Å². The molecule has 1 heterocycles. The molecule has 1 atom stereocenters. The summed E-state index contributed by atoms with van der Waals surface area (Å²) in [6.07, 6.45) is 2.11. The Balaban J connectivity index is 0.00000320. The molecule has 30 heavy (non-hydrogen) atoms. The number of nitrogens with zero attached hydrogens (tertiary/aromatic N) is 4. The van der Waals surface area contributed by atoms with Crippen LogP contribution in [-0.4, -0.2) is 54.3 Å². The van der Waals surface area contributed by atoms with Crippen molar-refractivity contribution in [3.63, 3.8) is 0 Å². The molecule has 3 rings (SSSR count). The van der Waals surface area contributed by atoms with Crippen molar-refractivity contribution in [1.29, 1.82) is 0 Å². The van der Waals surface area contributed by atoms with E-state index in [0.29, 0.717) is 19.8 Å². The van der Waals surface area contributed by atoms with Crippen molar-refractivity contribution in [2.75, 3.05) is 32.8 Å². The van der Waals surface area contributed by atoms with Gasteiger partial charge in [0, 0.05) is 5.92 Å². The molecule has 0 aromatic heterocycles. The predicted octanol–water partition coefficient (Wildman–Crippen LogP) is 3.47. The molecule has 0 fully saturated rings. The van der Waals surface area contributed by atoms with Gasteiger partial charge in [0.25, 0.3) is 0 Å². The summed E-state index contributed by atoms with van der Waals surface area (Å²) in [5.41, 5.74) is 10.8. The summed E-state index contributed by atoms with van der Waals surface area (Å²) in [4.78, 5) is 6.92. The fourth-order valence-corrected chi connectivity index (χ4v) is 3.51. The fraction of sp³-hybridized carbons (Fsp3) is 0.333. The Kier molecular flexibility index (Phi) is 10.3. The molecule has 1 aliphatic rings. The molecule has 0 bridgehead atoms. The van der Waals surface area contributed by atoms with Crippen molar-refractivity contribution in [1.82, 2.24) is 9.91 Å². The number of hydrogen-bond acceptors (Lipinski definition) is 4. The minimum atomic E-state index is 0. The topological polar surface area (TPSA) is 57.2 Å². The first kappa shape index (κ1) is 24.8. The normalized spacial score (nSPS) is 16.6. The van der Waals surface area contributed by atoms with Gasteiger partial charge in [-0.05, 0) is 18.1 Å². The van der Waals surface area contributed by atoms with Crippen LogP contribution in [0.2, 0.25) is 0 Å². The molecule has 0 saturated carbocycles. The van der Waals surface area contributed by atoms with Crippen LogP contribution in [0.3, 0.4) is 0 Å². The molecule has 5 nitrogen and oxygen atoms in total. The Labute approximate surface area is 204 Å². The van der Waals surface area contributed by atoms with Crippen molar-refractivity contribution in [2.24, 2.45) is 15.8 Å². The molecule has 0 radical (unpaired) electrons. The summed E-state index contributed by atoms with van der Waals surface area (Å²) < 4.78 is 0. The van der Waals surface area contributed by atoms with Crippen LogP contribution in [0.1, 0.15) is 29.5 Å². The first-order chi connectivity index (χ1) is 14.2. The maximum atomic E-state index is 6.06. The number of rotatable bonds is 8. The van der Waals surface area contributed by atoms with E-state index in [2.05, 4.69) is 73.7 Å². The third-order valence-corrected chi connectivity index (χ3v) is 5.15. The Hall–Kier alpha value is -1.45. The van der Waals surface area contributed by atoms with Crippen LogP contribution in [0.4, 0.5) is 0 Å². The van der Waals surface area contributed by atoms with E-state index in [0.717, 1.165) is 30.2 Å². The SMILES string of the molecule is [CH2-]CN(C[CH-]C)CN=C(CN)N1CC(c2ccccc2)C(c2ccc(C)cc2)=N1.[U+2]. The van der Waals surface area contributed by atoms with Gasteiger partial charge >= 0.3 is 31.1 Å². The molecule has 156 valence electrons. The zero-order valence-corrected chi connectivity index (χ0v) is 22.1. The van der Waals surface area contributed by atoms with E-state index >= 15 is 0 Å². The molecule has 1 aliphatic heterocycles. The van der Waals surface area contributed by atoms with E-state index in [9.17, 15) is 0 Å². The Morgan fingerprint density at radius 1 is 1.23 bits per heavy atom. The molecule has 0 aliphatic carbocycles. The smallest absolute Gasteiger partial charge is 0.344 e. The van der Waals surface area contributed by atoms with Crippen LogP contribution < -0.4 is 5.73 Å². The summed E-state index contributed by atoms with van der Waals surface area (Å²) in [7, 11) is 0. The Morgan fingerprint density at radius 3 is 2.53 bits per heavy atom. The second kappa shape index (κ2) is 12.4. The van der Waals surface area contributed by atoms with Gasteiger partial charge in [-0.25, -0.2) is 5.01 Å². The van der Waals surface area contributed by atoms with Crippen LogP contribution in [0.5, 0.6) is 0 Å². The number of nitrogens with two attached hydrogens (primary N) is 1. The van der Waals surface area contributed by atoms with Crippen LogP contribution >= 0.6 is 0 Å². The van der Waals surface area contributed by atoms with E-state index in [1.807, 2.05) is 18.0 Å². The molecule has 1 unspecified atom stereocenters. The summed E-state index contributed by atoms with van der Waals surface area (Å²) in [6.45, 7) is 11.4. The molecule has 2 N–H and O–H groups in total. The zero-order valence-electron chi connectivity index (χ0n) is 18.0. The standard InChI is InChI=1S/C24H31N5.U/c1-4-15-28(5-2)18-26-23(16-25)29-17-22(20-9-7-6-8-10-20)24(27-29)21-13-11-19(3)12-14-21;/h4,6-14,22H,2,5,15-18,25H2,1,3H3;/q-2;+2. The van der Waals surface area contributed by atoms with Crippen molar-refractivity contribution < 1.29 is 31.1 Å². The summed E-state index contributed by atoms with van der Waals surface area (Å²) in [5.74, 6) is 0.992. The number of aliphatic imine (C=N–C) groups is 1. The Morgan fingerprint density at radius 2 is 1.93 bits per heavy atom. The van der Waals surface area contributed by atoms with Crippen molar-refractivity contribution in [3.05, 3.63) is 84.6 Å². The van der Waals surface area contributed by atoms with Crippen molar-refractivity contribution in [3.8, 4) is 0 Å². The van der Waals surface area contributed by atoms with Gasteiger partial charge in [0.05, 0.1) is 25.5 Å². The van der Waals surface area contributed by atoms with Gasteiger partial charge in [0.2, 0.25) is 0 Å². The molecule has 0 saturated heterocycles. The van der Waals surface area contributed by atoms with Crippen LogP contribution in [0, 0.1) is 51.4 Å². The monoisotopic (exact) mass is 627 g/mol. The minimum absolute atomic E-state index is 0. The maximum absolute atomic E-state index is 6.06. The van der Waals surface area contributed by atoms with Crippen molar-refractivity contribution >= 4 is 11.5 Å². The number of aryl methyl sites for hydroxylation is 1. The third-order valence-electron chi connectivity index (χ3n) is 5.15. The van der Waals surface area contributed by atoms with Crippen LogP contribution in [0.25, 0.3) is 0 Å². The molecule has 2 aromatic carbocycles. The second-order valence-electron chi connectivity index (χ2n) is 7.30. The van der Waals surface area contributed by atoms with Gasteiger partial charge in [0.1, 0.15) is 5.84 Å². The van der Waals surface area contributed by atoms with E-state index < -0.39 is 0 Å². The summed E-state index contributed by atoms with van der Waals surface area (Å²) in [5, 5.41) is 6.94. The molecule has 0 amide bonds. The van der Waals surface area contributed by atoms with E-state index in [-0.39, 0.29) is 37.0 Å². The molecular formula is C24H31N5U. The number of hydrazone groups is 1. The molecule has 0 spiro atoms. The van der Waals surface area contributed by atoms with E-state index in [1.165, 1.54) is 11.1 Å². The van der Waals surface area contributed by atoms with Gasteiger partial charge < -0.3 is 24.0 Å². The van der Waals surface area contributed by atoms with Gasteiger partial charge in [-0.2, -0.15) is 12.0 Å². The van der Waals surface area contributed by atoms with Gasteiger partial charge in [-0.1, -0.05) is 60.2 Å². The predicted molar refractivity (Wildman–Crippen MR) is 122 cm³/mol. The van der Waals surface area contributed by atoms with E-state index in [1.54, 1.807) is 0 Å². The fourth-order valence-electron chi connectivity index (χ4n) is 3.51. The second-order valence-corrected chi connectivity index (χ2v) is 7.30. The zero-order chi connectivity index (χ0) is 20.6. The average Bonchev–Trinajstić information content (AvgIpc) is 3.20. The third kappa shape index (κ3) is 6.28. The first-order valence-corrected chi connectivity index (χ1v) is 10.2. The first-order valence-electron chi connectivity index (χ1n) is 10.2. The van der Waals surface area contributed by atoms with Gasteiger partial charge in [-0.15, -0.1) is 13.1 Å². The number of hydrogen-bond donors (Lipinski definition) is 1. The summed E-state index contributed by atoms with van der Waals surface area (Å²) in [6, 6.07) is 19.1. The summed E-state index contributed by atoms with van der Waals surface area (Å²) >= 11 is 0.